The maximum absolute atomic E-state index is 12.5. The van der Waals surface area contributed by atoms with Crippen LogP contribution in [0.25, 0.3) is 4.85 Å². The molecule has 1 aliphatic carbocycles. The molecule has 3 heterocycles. The molecular weight excluding hydrogens is 570 g/mol. The van der Waals surface area contributed by atoms with Gasteiger partial charge >= 0.3 is 6.09 Å². The summed E-state index contributed by atoms with van der Waals surface area (Å²) in [7, 11) is 1.64. The Labute approximate surface area is 266 Å². The Hall–Kier alpha value is -3.47. The lowest BCUT2D eigenvalue weighted by atomic mass is 9.58. The molecule has 7 nitrogen and oxygen atoms in total. The van der Waals surface area contributed by atoms with Crippen LogP contribution < -0.4 is 10.2 Å². The summed E-state index contributed by atoms with van der Waals surface area (Å²) in [4.78, 5) is 21.1. The number of hydrogen-bond acceptors (Lipinski definition) is 4. The summed E-state index contributed by atoms with van der Waals surface area (Å²) in [5, 5.41) is 3.45. The van der Waals surface area contributed by atoms with E-state index in [1.807, 2.05) is 18.2 Å². The highest BCUT2D eigenvalue weighted by Gasteiger charge is 2.53. The first kappa shape index (κ1) is 30.6. The SMILES string of the molecule is [C-]#[N+]c1ccc(N2CC(CN3CCC(C(Cn4cccc4C)(c4cccc(Cl)c4)[C@H]4CCC[C@@H]4OC(=O)NC)CC3)C2)cc1. The van der Waals surface area contributed by atoms with Crippen LogP contribution in [0.4, 0.5) is 16.2 Å². The number of amides is 1. The molecule has 8 heteroatoms. The van der Waals surface area contributed by atoms with Crippen molar-refractivity contribution >= 4 is 29.1 Å². The van der Waals surface area contributed by atoms with Crippen molar-refractivity contribution in [3.05, 3.63) is 94.6 Å². The first-order valence-electron chi connectivity index (χ1n) is 16.1. The fraction of sp³-hybridized carbons (Fsp3) is 0.500. The fourth-order valence-electron chi connectivity index (χ4n) is 8.31. The summed E-state index contributed by atoms with van der Waals surface area (Å²) in [6, 6.07) is 20.8. The number of carbonyl (C=O) groups excluding carboxylic acids is 1. The highest BCUT2D eigenvalue weighted by molar-refractivity contribution is 6.30. The number of likely N-dealkylation sites (tertiary alicyclic amines) is 1. The minimum absolute atomic E-state index is 0.132. The number of halogens is 1. The van der Waals surface area contributed by atoms with Crippen molar-refractivity contribution in [3.63, 3.8) is 0 Å². The average Bonchev–Trinajstić information content (AvgIpc) is 3.66. The van der Waals surface area contributed by atoms with E-state index in [-0.39, 0.29) is 23.5 Å². The molecule has 2 aromatic carbocycles. The molecule has 0 spiro atoms. The van der Waals surface area contributed by atoms with Crippen molar-refractivity contribution in [2.45, 2.75) is 57.1 Å². The number of carbonyl (C=O) groups is 1. The molecule has 1 saturated carbocycles. The maximum Gasteiger partial charge on any atom is 0.407 e. The van der Waals surface area contributed by atoms with Crippen LogP contribution in [0, 0.1) is 31.2 Å². The van der Waals surface area contributed by atoms with E-state index in [4.69, 9.17) is 22.9 Å². The summed E-state index contributed by atoms with van der Waals surface area (Å²) in [5.74, 6) is 1.29. The molecule has 1 N–H and O–H groups in total. The number of anilines is 1. The molecule has 44 heavy (non-hydrogen) atoms. The van der Waals surface area contributed by atoms with Crippen molar-refractivity contribution in [1.82, 2.24) is 14.8 Å². The smallest absolute Gasteiger partial charge is 0.407 e. The average molecular weight is 614 g/mol. The van der Waals surface area contributed by atoms with E-state index in [9.17, 15) is 4.79 Å². The van der Waals surface area contributed by atoms with Crippen molar-refractivity contribution in [3.8, 4) is 0 Å². The van der Waals surface area contributed by atoms with Crippen molar-refractivity contribution < 1.29 is 9.53 Å². The number of alkyl carbamates (subject to hydrolysis) is 1. The number of aryl methyl sites for hydroxylation is 1. The number of hydrogen-bond donors (Lipinski definition) is 1. The molecule has 1 amide bonds. The zero-order chi connectivity index (χ0) is 30.7. The molecule has 1 aromatic heterocycles. The second-order valence-corrected chi connectivity index (χ2v) is 13.5. The van der Waals surface area contributed by atoms with E-state index in [2.05, 4.69) is 80.1 Å². The molecule has 0 bridgehead atoms. The van der Waals surface area contributed by atoms with E-state index >= 15 is 0 Å². The Morgan fingerprint density at radius 2 is 1.84 bits per heavy atom. The molecule has 3 aliphatic rings. The first-order valence-corrected chi connectivity index (χ1v) is 16.5. The van der Waals surface area contributed by atoms with E-state index in [0.29, 0.717) is 17.5 Å². The molecule has 3 fully saturated rings. The van der Waals surface area contributed by atoms with E-state index < -0.39 is 0 Å². The predicted molar refractivity (Wildman–Crippen MR) is 177 cm³/mol. The van der Waals surface area contributed by atoms with Crippen molar-refractivity contribution in [1.29, 1.82) is 0 Å². The molecule has 2 aliphatic heterocycles. The van der Waals surface area contributed by atoms with Crippen molar-refractivity contribution in [2.75, 3.05) is 44.7 Å². The third-order valence-electron chi connectivity index (χ3n) is 10.6. The lowest BCUT2D eigenvalue weighted by Crippen LogP contribution is -2.55. The number of rotatable bonds is 9. The third kappa shape index (κ3) is 6.20. The van der Waals surface area contributed by atoms with E-state index in [1.54, 1.807) is 7.05 Å². The van der Waals surface area contributed by atoms with Gasteiger partial charge in [-0.3, -0.25) is 0 Å². The minimum Gasteiger partial charge on any atom is -0.446 e. The van der Waals surface area contributed by atoms with Crippen LogP contribution in [0.15, 0.2) is 66.9 Å². The van der Waals surface area contributed by atoms with Crippen LogP contribution in [0.5, 0.6) is 0 Å². The van der Waals surface area contributed by atoms with Crippen molar-refractivity contribution in [2.24, 2.45) is 17.8 Å². The topological polar surface area (TPSA) is 54.1 Å². The van der Waals surface area contributed by atoms with Gasteiger partial charge in [0.1, 0.15) is 6.10 Å². The summed E-state index contributed by atoms with van der Waals surface area (Å²) in [6.45, 7) is 15.6. The summed E-state index contributed by atoms with van der Waals surface area (Å²) in [5.41, 5.74) is 4.20. The quantitative estimate of drug-likeness (QED) is 0.257. The second-order valence-electron chi connectivity index (χ2n) is 13.0. The number of piperidine rings is 1. The van der Waals surface area contributed by atoms with Crippen LogP contribution >= 0.6 is 11.6 Å². The van der Waals surface area contributed by atoms with Gasteiger partial charge in [-0.05, 0) is 100.0 Å². The number of ether oxygens (including phenoxy) is 1. The van der Waals surface area contributed by atoms with Gasteiger partial charge in [0.25, 0.3) is 0 Å². The van der Waals surface area contributed by atoms with E-state index in [0.717, 1.165) is 76.4 Å². The first-order chi connectivity index (χ1) is 21.4. The van der Waals surface area contributed by atoms with Gasteiger partial charge in [0.2, 0.25) is 0 Å². The number of benzene rings is 2. The molecule has 6 rings (SSSR count). The molecule has 3 aromatic rings. The monoisotopic (exact) mass is 613 g/mol. The maximum atomic E-state index is 12.5. The lowest BCUT2D eigenvalue weighted by molar-refractivity contribution is 0.00188. The predicted octanol–water partition coefficient (Wildman–Crippen LogP) is 7.31. The Morgan fingerprint density at radius 3 is 2.50 bits per heavy atom. The van der Waals surface area contributed by atoms with Gasteiger partial charge in [-0.2, -0.15) is 0 Å². The van der Waals surface area contributed by atoms with Gasteiger partial charge in [0.15, 0.2) is 5.69 Å². The van der Waals surface area contributed by atoms with Crippen LogP contribution in [0.2, 0.25) is 5.02 Å². The largest absolute Gasteiger partial charge is 0.446 e. The zero-order valence-corrected chi connectivity index (χ0v) is 26.7. The zero-order valence-electron chi connectivity index (χ0n) is 25.9. The normalized spacial score (nSPS) is 22.6. The van der Waals surface area contributed by atoms with Crippen LogP contribution in [0.3, 0.4) is 0 Å². The molecule has 232 valence electrons. The standard InChI is InChI=1S/C36H44ClN5O2/c1-26-7-6-18-41(26)25-36(29-8-4-9-30(37)21-29,33-10-5-11-34(33)44-35(43)39-3)28-16-19-40(20-17-28)22-27-23-42(24-27)32-14-12-31(38-2)13-15-32/h4,6-9,12-15,18,21,27-28,33-34H,5,10-11,16-17,19-20,22-25H2,1,3H3,(H,39,43)/t33-,34-,36?/m0/s1. The summed E-state index contributed by atoms with van der Waals surface area (Å²) >= 11 is 6.70. The van der Waals surface area contributed by atoms with Gasteiger partial charge in [0, 0.05) is 73.1 Å². The summed E-state index contributed by atoms with van der Waals surface area (Å²) in [6.07, 6.45) is 6.90. The molecule has 0 radical (unpaired) electrons. The number of nitrogens with one attached hydrogen (secondary N) is 1. The molecule has 1 unspecified atom stereocenters. The van der Waals surface area contributed by atoms with Gasteiger partial charge < -0.3 is 24.4 Å². The minimum atomic E-state index is -0.342. The van der Waals surface area contributed by atoms with Gasteiger partial charge in [0.05, 0.1) is 6.57 Å². The molecular formula is C36H44ClN5O2. The lowest BCUT2D eigenvalue weighted by Gasteiger charge is -2.51. The van der Waals surface area contributed by atoms with Gasteiger partial charge in [-0.1, -0.05) is 35.9 Å². The second kappa shape index (κ2) is 13.3. The molecule has 3 atom stereocenters. The Morgan fingerprint density at radius 1 is 1.07 bits per heavy atom. The highest BCUT2D eigenvalue weighted by atomic mass is 35.5. The number of aromatic nitrogens is 1. The number of nitrogens with zero attached hydrogens (tertiary/aromatic N) is 4. The third-order valence-corrected chi connectivity index (χ3v) is 10.8. The van der Waals surface area contributed by atoms with Gasteiger partial charge in [-0.25, -0.2) is 9.64 Å². The Kier molecular flexibility index (Phi) is 9.21. The molecule has 2 saturated heterocycles. The Balaban J connectivity index is 1.22. The van der Waals surface area contributed by atoms with E-state index in [1.165, 1.54) is 16.9 Å². The van der Waals surface area contributed by atoms with Crippen LogP contribution in [-0.4, -0.2) is 61.4 Å². The Bertz CT molecular complexity index is 1470. The van der Waals surface area contributed by atoms with Gasteiger partial charge in [-0.15, -0.1) is 0 Å². The summed E-state index contributed by atoms with van der Waals surface area (Å²) < 4.78 is 8.50. The fourth-order valence-corrected chi connectivity index (χ4v) is 8.50. The van der Waals surface area contributed by atoms with Crippen LogP contribution in [0.1, 0.15) is 43.4 Å². The van der Waals surface area contributed by atoms with Crippen LogP contribution in [-0.2, 0) is 16.7 Å². The highest BCUT2D eigenvalue weighted by Crippen LogP contribution is 2.52.